The van der Waals surface area contributed by atoms with Crippen LogP contribution in [-0.2, 0) is 9.53 Å². The molecule has 0 atom stereocenters. The number of piperidine rings is 1. The van der Waals surface area contributed by atoms with Crippen molar-refractivity contribution in [2.24, 2.45) is 0 Å². The predicted molar refractivity (Wildman–Crippen MR) is 94.5 cm³/mol. The van der Waals surface area contributed by atoms with Crippen molar-refractivity contribution in [1.82, 2.24) is 15.3 Å². The van der Waals surface area contributed by atoms with Crippen molar-refractivity contribution in [1.29, 1.82) is 0 Å². The molecule has 8 heteroatoms. The summed E-state index contributed by atoms with van der Waals surface area (Å²) in [5, 5.41) is 7.04. The number of carbonyl (C=O) groups is 1. The van der Waals surface area contributed by atoms with Crippen LogP contribution in [0.2, 0.25) is 0 Å². The van der Waals surface area contributed by atoms with Gasteiger partial charge in [0.2, 0.25) is 0 Å². The number of amides is 1. The number of anilines is 1. The van der Waals surface area contributed by atoms with Crippen LogP contribution in [0.25, 0.3) is 10.9 Å². The topological polar surface area (TPSA) is 76.1 Å². The van der Waals surface area contributed by atoms with E-state index < -0.39 is 5.60 Å². The predicted octanol–water partition coefficient (Wildman–Crippen LogP) is 2.18. The molecule has 0 bridgehead atoms. The lowest BCUT2D eigenvalue weighted by Crippen LogP contribution is -2.51. The van der Waals surface area contributed by atoms with Crippen LogP contribution in [0.1, 0.15) is 12.8 Å². The number of pyridine rings is 2. The van der Waals surface area contributed by atoms with Crippen LogP contribution in [0.3, 0.4) is 0 Å². The lowest BCUT2D eigenvalue weighted by atomic mass is 9.91. The number of halogens is 2. The summed E-state index contributed by atoms with van der Waals surface area (Å²) >= 11 is 0. The monoisotopic (exact) mass is 358 g/mol. The zero-order valence-corrected chi connectivity index (χ0v) is 14.4. The average Bonchev–Trinajstić information content (AvgIpc) is 2.56. The standard InChI is InChI=1S/C15H18N4O2.2ClH/c1-21-15(4-8-16-9-5-15)14(20)19-13-3-7-18-12-2-6-17-10-11(12)13;;/h2-3,6-7,10,16H,4-5,8-9H2,1H3,(H,18,19,20);2*1H. The van der Waals surface area contributed by atoms with Gasteiger partial charge in [0.05, 0.1) is 11.2 Å². The van der Waals surface area contributed by atoms with Crippen molar-refractivity contribution in [2.75, 3.05) is 25.5 Å². The number of nitrogens with zero attached hydrogens (tertiary/aromatic N) is 2. The number of methoxy groups -OCH3 is 1. The average molecular weight is 359 g/mol. The quantitative estimate of drug-likeness (QED) is 0.879. The number of hydrogen-bond donors (Lipinski definition) is 2. The molecule has 2 N–H and O–H groups in total. The van der Waals surface area contributed by atoms with Gasteiger partial charge in [0.15, 0.2) is 0 Å². The summed E-state index contributed by atoms with van der Waals surface area (Å²) in [6.07, 6.45) is 6.40. The van der Waals surface area contributed by atoms with Gasteiger partial charge < -0.3 is 15.4 Å². The van der Waals surface area contributed by atoms with Gasteiger partial charge in [-0.2, -0.15) is 0 Å². The Labute approximate surface area is 147 Å². The lowest BCUT2D eigenvalue weighted by Gasteiger charge is -2.34. The van der Waals surface area contributed by atoms with Crippen LogP contribution in [0.4, 0.5) is 5.69 Å². The minimum atomic E-state index is -0.761. The number of aromatic nitrogens is 2. The van der Waals surface area contributed by atoms with E-state index in [2.05, 4.69) is 20.6 Å². The van der Waals surface area contributed by atoms with Crippen LogP contribution in [0.15, 0.2) is 30.7 Å². The maximum atomic E-state index is 12.7. The van der Waals surface area contributed by atoms with E-state index in [-0.39, 0.29) is 30.7 Å². The highest BCUT2D eigenvalue weighted by atomic mass is 35.5. The van der Waals surface area contributed by atoms with E-state index in [1.54, 1.807) is 31.8 Å². The first-order valence-corrected chi connectivity index (χ1v) is 7.01. The van der Waals surface area contributed by atoms with Crippen LogP contribution in [-0.4, -0.2) is 41.7 Å². The van der Waals surface area contributed by atoms with Crippen molar-refractivity contribution >= 4 is 47.3 Å². The maximum Gasteiger partial charge on any atom is 0.256 e. The molecule has 2 aromatic rings. The van der Waals surface area contributed by atoms with E-state index in [0.29, 0.717) is 18.5 Å². The van der Waals surface area contributed by atoms with E-state index >= 15 is 0 Å². The molecule has 0 aromatic carbocycles. The summed E-state index contributed by atoms with van der Waals surface area (Å²) < 4.78 is 5.54. The van der Waals surface area contributed by atoms with Crippen molar-refractivity contribution < 1.29 is 9.53 Å². The Morgan fingerprint density at radius 3 is 2.70 bits per heavy atom. The van der Waals surface area contributed by atoms with Gasteiger partial charge in [0, 0.05) is 31.1 Å². The summed E-state index contributed by atoms with van der Waals surface area (Å²) in [4.78, 5) is 21.0. The number of carbonyl (C=O) groups excluding carboxylic acids is 1. The summed E-state index contributed by atoms with van der Waals surface area (Å²) in [5.74, 6) is -0.108. The molecule has 1 aliphatic rings. The maximum absolute atomic E-state index is 12.7. The molecule has 1 aliphatic heterocycles. The van der Waals surface area contributed by atoms with E-state index in [0.717, 1.165) is 24.0 Å². The van der Waals surface area contributed by atoms with Gasteiger partial charge in [-0.1, -0.05) is 0 Å². The third-order valence-corrected chi connectivity index (χ3v) is 4.01. The fourth-order valence-corrected chi connectivity index (χ4v) is 2.69. The second kappa shape index (κ2) is 8.40. The molecule has 1 amide bonds. The molecule has 3 rings (SSSR count). The zero-order chi connectivity index (χ0) is 14.7. The summed E-state index contributed by atoms with van der Waals surface area (Å²) in [5.41, 5.74) is 0.760. The van der Waals surface area contributed by atoms with E-state index in [1.807, 2.05) is 6.07 Å². The highest BCUT2D eigenvalue weighted by molar-refractivity contribution is 6.03. The first kappa shape index (κ1) is 19.6. The van der Waals surface area contributed by atoms with Crippen molar-refractivity contribution in [3.63, 3.8) is 0 Å². The SMILES string of the molecule is COC1(C(=O)Nc2ccnc3ccncc23)CCNCC1.Cl.Cl. The van der Waals surface area contributed by atoms with Crippen LogP contribution < -0.4 is 10.6 Å². The highest BCUT2D eigenvalue weighted by Gasteiger charge is 2.39. The molecule has 23 heavy (non-hydrogen) atoms. The molecule has 126 valence electrons. The van der Waals surface area contributed by atoms with Crippen LogP contribution in [0, 0.1) is 0 Å². The molecule has 1 fully saturated rings. The number of ether oxygens (including phenoxy) is 1. The van der Waals surface area contributed by atoms with E-state index in [4.69, 9.17) is 4.74 Å². The van der Waals surface area contributed by atoms with Gasteiger partial charge in [0.25, 0.3) is 5.91 Å². The van der Waals surface area contributed by atoms with Gasteiger partial charge in [-0.15, -0.1) is 24.8 Å². The van der Waals surface area contributed by atoms with Gasteiger partial charge in [0.1, 0.15) is 5.60 Å². The minimum Gasteiger partial charge on any atom is -0.368 e. The Hall–Kier alpha value is -1.47. The molecule has 3 heterocycles. The first-order chi connectivity index (χ1) is 10.2. The summed E-state index contributed by atoms with van der Waals surface area (Å²) in [6.45, 7) is 1.56. The largest absolute Gasteiger partial charge is 0.368 e. The highest BCUT2D eigenvalue weighted by Crippen LogP contribution is 2.26. The third-order valence-electron chi connectivity index (χ3n) is 4.01. The molecule has 0 unspecified atom stereocenters. The van der Waals surface area contributed by atoms with Gasteiger partial charge in [-0.05, 0) is 38.1 Å². The van der Waals surface area contributed by atoms with Gasteiger partial charge >= 0.3 is 0 Å². The van der Waals surface area contributed by atoms with Crippen LogP contribution >= 0.6 is 24.8 Å². The number of nitrogens with one attached hydrogen (secondary N) is 2. The normalized spacial score (nSPS) is 16.0. The third kappa shape index (κ3) is 3.90. The van der Waals surface area contributed by atoms with Crippen LogP contribution in [0.5, 0.6) is 0 Å². The zero-order valence-electron chi connectivity index (χ0n) is 12.7. The molecular weight excluding hydrogens is 339 g/mol. The number of fused-ring (bicyclic) bond motifs is 1. The van der Waals surface area contributed by atoms with Crippen molar-refractivity contribution in [3.8, 4) is 0 Å². The van der Waals surface area contributed by atoms with E-state index in [9.17, 15) is 4.79 Å². The molecule has 2 aromatic heterocycles. The lowest BCUT2D eigenvalue weighted by molar-refractivity contribution is -0.140. The Balaban J connectivity index is 0.00000132. The van der Waals surface area contributed by atoms with Crippen molar-refractivity contribution in [2.45, 2.75) is 18.4 Å². The molecule has 0 radical (unpaired) electrons. The second-order valence-corrected chi connectivity index (χ2v) is 5.15. The van der Waals surface area contributed by atoms with Crippen molar-refractivity contribution in [3.05, 3.63) is 30.7 Å². The first-order valence-electron chi connectivity index (χ1n) is 7.01. The molecule has 0 saturated carbocycles. The van der Waals surface area contributed by atoms with Gasteiger partial charge in [-0.25, -0.2) is 0 Å². The minimum absolute atomic E-state index is 0. The Bertz CT molecular complexity index is 657. The molecule has 1 saturated heterocycles. The molecular formula is C15H20Cl2N4O2. The van der Waals surface area contributed by atoms with Gasteiger partial charge in [-0.3, -0.25) is 14.8 Å². The smallest absolute Gasteiger partial charge is 0.256 e. The molecule has 0 aliphatic carbocycles. The fourth-order valence-electron chi connectivity index (χ4n) is 2.69. The summed E-state index contributed by atoms with van der Waals surface area (Å²) in [6, 6.07) is 3.61. The number of rotatable bonds is 3. The Kier molecular flexibility index (Phi) is 7.15. The fraction of sp³-hybridized carbons (Fsp3) is 0.400. The molecule has 6 nitrogen and oxygen atoms in total. The Morgan fingerprint density at radius 1 is 1.26 bits per heavy atom. The summed E-state index contributed by atoms with van der Waals surface area (Å²) in [7, 11) is 1.59. The second-order valence-electron chi connectivity index (χ2n) is 5.15. The van der Waals surface area contributed by atoms with E-state index in [1.165, 1.54) is 0 Å². The molecule has 0 spiro atoms. The Morgan fingerprint density at radius 2 is 2.00 bits per heavy atom. The number of hydrogen-bond acceptors (Lipinski definition) is 5.